The van der Waals surface area contributed by atoms with Crippen LogP contribution in [0.4, 0.5) is 0 Å². The first-order valence-corrected chi connectivity index (χ1v) is 16.3. The molecule has 0 radical (unpaired) electrons. The van der Waals surface area contributed by atoms with Gasteiger partial charge in [0.2, 0.25) is 0 Å². The molecular weight excluding hydrogens is 516 g/mol. The molecule has 0 fully saturated rings. The Kier molecular flexibility index (Phi) is 29.1. The van der Waals surface area contributed by atoms with E-state index >= 15 is 0 Å². The number of allylic oxidation sites excluding steroid dienone is 7. The van der Waals surface area contributed by atoms with Crippen LogP contribution in [0.5, 0.6) is 0 Å². The van der Waals surface area contributed by atoms with Gasteiger partial charge in [-0.15, -0.1) is 0 Å². The van der Waals surface area contributed by atoms with E-state index in [1.54, 1.807) is 6.08 Å². The molecule has 0 aromatic heterocycles. The molecule has 6 heteroatoms. The number of esters is 2. The Hall–Kier alpha value is -2.18. The van der Waals surface area contributed by atoms with Crippen molar-refractivity contribution >= 4 is 11.9 Å². The van der Waals surface area contributed by atoms with Crippen LogP contribution in [0.1, 0.15) is 136 Å². The number of ether oxygens (including phenoxy) is 2. The van der Waals surface area contributed by atoms with Crippen LogP contribution in [0.25, 0.3) is 0 Å². The molecule has 0 spiro atoms. The standard InChI is InChI=1S/C35H60O6/c1-3-5-7-9-11-13-14-15-16-18-19-21-23-26-32(36)27-25-29-35(39)41-31-33(37)30-40-34(38)28-24-22-20-17-12-10-8-6-4-2/h11,13,15-16,19,21,23,26,32-33,36-37H,3-10,12,14,17-18,20,22,24-25,27-31H2,1-2H3/b13-11-,16-15-,21-19-,26-23+/t32-,33-/m1/s1. The summed E-state index contributed by atoms with van der Waals surface area (Å²) in [5.41, 5.74) is 0. The fourth-order valence-electron chi connectivity index (χ4n) is 4.13. The van der Waals surface area contributed by atoms with Gasteiger partial charge in [-0.2, -0.15) is 0 Å². The van der Waals surface area contributed by atoms with E-state index < -0.39 is 18.2 Å². The zero-order chi connectivity index (χ0) is 30.2. The summed E-state index contributed by atoms with van der Waals surface area (Å²) in [6.45, 7) is 4.05. The summed E-state index contributed by atoms with van der Waals surface area (Å²) in [5, 5.41) is 20.0. The molecule has 0 saturated heterocycles. The highest BCUT2D eigenvalue weighted by Crippen LogP contribution is 2.11. The molecule has 0 aromatic rings. The smallest absolute Gasteiger partial charge is 0.305 e. The number of hydrogen-bond donors (Lipinski definition) is 2. The maximum absolute atomic E-state index is 11.9. The molecule has 0 aliphatic rings. The molecule has 2 N–H and O–H groups in total. The second kappa shape index (κ2) is 30.8. The molecule has 0 aliphatic heterocycles. The minimum Gasteiger partial charge on any atom is -0.463 e. The van der Waals surface area contributed by atoms with E-state index in [0.29, 0.717) is 19.3 Å². The van der Waals surface area contributed by atoms with Crippen LogP contribution >= 0.6 is 0 Å². The van der Waals surface area contributed by atoms with Crippen molar-refractivity contribution in [1.82, 2.24) is 0 Å². The average molecular weight is 577 g/mol. The maximum atomic E-state index is 11.9. The zero-order valence-corrected chi connectivity index (χ0v) is 26.2. The van der Waals surface area contributed by atoms with Crippen LogP contribution in [0, 0.1) is 0 Å². The van der Waals surface area contributed by atoms with E-state index in [4.69, 9.17) is 9.47 Å². The Morgan fingerprint density at radius 2 is 1.12 bits per heavy atom. The predicted octanol–water partition coefficient (Wildman–Crippen LogP) is 8.47. The van der Waals surface area contributed by atoms with Gasteiger partial charge in [-0.05, 0) is 44.9 Å². The third-order valence-corrected chi connectivity index (χ3v) is 6.67. The second-order valence-corrected chi connectivity index (χ2v) is 10.8. The number of carbonyl (C=O) groups is 2. The lowest BCUT2D eigenvalue weighted by Crippen LogP contribution is -2.25. The summed E-state index contributed by atoms with van der Waals surface area (Å²) in [5.74, 6) is -0.767. The number of rotatable bonds is 28. The van der Waals surface area contributed by atoms with E-state index in [-0.39, 0.29) is 25.6 Å². The highest BCUT2D eigenvalue weighted by Gasteiger charge is 2.12. The lowest BCUT2D eigenvalue weighted by atomic mass is 10.1. The van der Waals surface area contributed by atoms with Crippen molar-refractivity contribution in [2.45, 2.75) is 148 Å². The average Bonchev–Trinajstić information content (AvgIpc) is 2.96. The molecule has 0 saturated carbocycles. The van der Waals surface area contributed by atoms with E-state index in [2.05, 4.69) is 38.2 Å². The van der Waals surface area contributed by atoms with Gasteiger partial charge in [0.1, 0.15) is 19.3 Å². The zero-order valence-electron chi connectivity index (χ0n) is 26.2. The van der Waals surface area contributed by atoms with Crippen molar-refractivity contribution in [3.8, 4) is 0 Å². The van der Waals surface area contributed by atoms with Gasteiger partial charge in [-0.25, -0.2) is 0 Å². The van der Waals surface area contributed by atoms with Crippen LogP contribution in [0.3, 0.4) is 0 Å². The quantitative estimate of drug-likeness (QED) is 0.0420. The van der Waals surface area contributed by atoms with Gasteiger partial charge in [-0.3, -0.25) is 9.59 Å². The van der Waals surface area contributed by atoms with Crippen molar-refractivity contribution in [2.24, 2.45) is 0 Å². The Labute approximate surface area is 251 Å². The fraction of sp³-hybridized carbons (Fsp3) is 0.714. The van der Waals surface area contributed by atoms with Crippen molar-refractivity contribution in [3.63, 3.8) is 0 Å². The lowest BCUT2D eigenvalue weighted by Gasteiger charge is -2.12. The van der Waals surface area contributed by atoms with E-state index in [0.717, 1.165) is 38.5 Å². The van der Waals surface area contributed by atoms with Gasteiger partial charge in [0.15, 0.2) is 0 Å². The Bertz CT molecular complexity index is 724. The SMILES string of the molecule is CCCCC/C=C\C/C=C\C/C=C\C=C\[C@@H](O)CCCC(=O)OC[C@H](O)COC(=O)CCCCCCCCCCC. The number of carbonyl (C=O) groups excluding carboxylic acids is 2. The summed E-state index contributed by atoms with van der Waals surface area (Å²) in [6.07, 6.45) is 33.4. The minimum atomic E-state index is -1.03. The first kappa shape index (κ1) is 38.8. The van der Waals surface area contributed by atoms with Gasteiger partial charge in [0, 0.05) is 12.8 Å². The van der Waals surface area contributed by atoms with Gasteiger partial charge in [-0.1, -0.05) is 127 Å². The molecule has 236 valence electrons. The summed E-state index contributed by atoms with van der Waals surface area (Å²) in [7, 11) is 0. The Morgan fingerprint density at radius 3 is 1.76 bits per heavy atom. The second-order valence-electron chi connectivity index (χ2n) is 10.8. The summed E-state index contributed by atoms with van der Waals surface area (Å²) >= 11 is 0. The number of aliphatic hydroxyl groups is 2. The topological polar surface area (TPSA) is 93.1 Å². The highest BCUT2D eigenvalue weighted by molar-refractivity contribution is 5.69. The molecule has 0 unspecified atom stereocenters. The molecule has 6 nitrogen and oxygen atoms in total. The summed E-state index contributed by atoms with van der Waals surface area (Å²) < 4.78 is 10.1. The van der Waals surface area contributed by atoms with Gasteiger partial charge < -0.3 is 19.7 Å². The van der Waals surface area contributed by atoms with Crippen LogP contribution in [0.15, 0.2) is 48.6 Å². The van der Waals surface area contributed by atoms with Crippen molar-refractivity contribution in [1.29, 1.82) is 0 Å². The Balaban J connectivity index is 3.71. The number of unbranched alkanes of at least 4 members (excludes halogenated alkanes) is 11. The fourth-order valence-corrected chi connectivity index (χ4v) is 4.13. The van der Waals surface area contributed by atoms with Crippen LogP contribution in [-0.2, 0) is 19.1 Å². The molecule has 0 heterocycles. The Morgan fingerprint density at radius 1 is 0.610 bits per heavy atom. The molecule has 0 aliphatic carbocycles. The molecule has 2 atom stereocenters. The van der Waals surface area contributed by atoms with Crippen molar-refractivity contribution in [3.05, 3.63) is 48.6 Å². The van der Waals surface area contributed by atoms with Gasteiger partial charge in [0.05, 0.1) is 6.10 Å². The van der Waals surface area contributed by atoms with Crippen LogP contribution in [0.2, 0.25) is 0 Å². The van der Waals surface area contributed by atoms with Crippen LogP contribution < -0.4 is 0 Å². The van der Waals surface area contributed by atoms with Crippen molar-refractivity contribution < 1.29 is 29.3 Å². The molecule has 0 rings (SSSR count). The first-order valence-electron chi connectivity index (χ1n) is 16.3. The molecule has 0 aromatic carbocycles. The van der Waals surface area contributed by atoms with E-state index in [1.807, 2.05) is 18.2 Å². The number of hydrogen-bond acceptors (Lipinski definition) is 6. The normalized spacial score (nSPS) is 13.6. The maximum Gasteiger partial charge on any atom is 0.305 e. The number of aliphatic hydroxyl groups excluding tert-OH is 2. The minimum absolute atomic E-state index is 0.156. The van der Waals surface area contributed by atoms with Crippen LogP contribution in [-0.4, -0.2) is 47.6 Å². The molecule has 0 amide bonds. The van der Waals surface area contributed by atoms with Gasteiger partial charge in [0.25, 0.3) is 0 Å². The summed E-state index contributed by atoms with van der Waals surface area (Å²) in [6, 6.07) is 0. The van der Waals surface area contributed by atoms with Crippen molar-refractivity contribution in [2.75, 3.05) is 13.2 Å². The third-order valence-electron chi connectivity index (χ3n) is 6.67. The molecule has 0 bridgehead atoms. The molecule has 41 heavy (non-hydrogen) atoms. The predicted molar refractivity (Wildman–Crippen MR) is 170 cm³/mol. The van der Waals surface area contributed by atoms with Gasteiger partial charge >= 0.3 is 11.9 Å². The van der Waals surface area contributed by atoms with E-state index in [1.165, 1.54) is 57.8 Å². The van der Waals surface area contributed by atoms with E-state index in [9.17, 15) is 19.8 Å². The lowest BCUT2D eigenvalue weighted by molar-refractivity contribution is -0.152. The molecular formula is C35H60O6. The monoisotopic (exact) mass is 576 g/mol. The third kappa shape index (κ3) is 30.6. The highest BCUT2D eigenvalue weighted by atomic mass is 16.6. The largest absolute Gasteiger partial charge is 0.463 e. The first-order chi connectivity index (χ1) is 20.0. The summed E-state index contributed by atoms with van der Waals surface area (Å²) in [4.78, 5) is 23.7.